The van der Waals surface area contributed by atoms with E-state index in [0.717, 1.165) is 30.5 Å². The molecular formula is C22H25N5O2. The largest absolute Gasteiger partial charge is 0.377 e. The lowest BCUT2D eigenvalue weighted by atomic mass is 9.87. The molecule has 3 heterocycles. The number of benzene rings is 1. The molecule has 1 aromatic carbocycles. The van der Waals surface area contributed by atoms with Crippen molar-refractivity contribution < 1.29 is 9.53 Å². The van der Waals surface area contributed by atoms with Crippen LogP contribution in [0.5, 0.6) is 0 Å². The van der Waals surface area contributed by atoms with Crippen molar-refractivity contribution in [1.82, 2.24) is 14.8 Å². The normalized spacial score (nSPS) is 22.8. The summed E-state index contributed by atoms with van der Waals surface area (Å²) in [6.07, 6.45) is 4.78. The number of aryl methyl sites for hydroxylation is 1. The van der Waals surface area contributed by atoms with E-state index in [2.05, 4.69) is 28.2 Å². The molecule has 2 atom stereocenters. The minimum Gasteiger partial charge on any atom is -0.377 e. The van der Waals surface area contributed by atoms with Crippen LogP contribution in [0, 0.1) is 0 Å². The van der Waals surface area contributed by atoms with Crippen molar-refractivity contribution in [3.05, 3.63) is 58.9 Å². The molecule has 1 fully saturated rings. The Bertz CT molecular complexity index is 989. The fraction of sp³-hybridized carbons (Fsp3) is 0.409. The molecule has 2 N–H and O–H groups in total. The summed E-state index contributed by atoms with van der Waals surface area (Å²) < 4.78 is 5.66. The molecule has 1 aliphatic carbocycles. The van der Waals surface area contributed by atoms with Crippen molar-refractivity contribution >= 4 is 17.6 Å². The lowest BCUT2D eigenvalue weighted by molar-refractivity contribution is 0.0240. The minimum absolute atomic E-state index is 0.0217. The average Bonchev–Trinajstić information content (AvgIpc) is 2.78. The zero-order valence-electron chi connectivity index (χ0n) is 16.5. The molecule has 0 spiro atoms. The maximum Gasteiger partial charge on any atom is 0.272 e. The Morgan fingerprint density at radius 1 is 1.31 bits per heavy atom. The molecule has 0 unspecified atom stereocenters. The second-order valence-electron chi connectivity index (χ2n) is 7.91. The van der Waals surface area contributed by atoms with Gasteiger partial charge in [-0.1, -0.05) is 24.3 Å². The van der Waals surface area contributed by atoms with Gasteiger partial charge in [-0.3, -0.25) is 4.79 Å². The van der Waals surface area contributed by atoms with E-state index >= 15 is 0 Å². The standard InChI is InChI=1S/C22H25N5O2/c1-26(19-8-4-6-14-5-2-3-7-15(14)19)21(28)17-11-16-18(12-24-17)25-22(23)27-9-10-29-13-20(16)27/h2-3,5,7,11-12,19-20H,4,6,8-10,13H2,1H3,(H2,23,25)/t19-,20+/m1/s1. The lowest BCUT2D eigenvalue weighted by Gasteiger charge is -2.39. The van der Waals surface area contributed by atoms with Crippen molar-refractivity contribution in [2.45, 2.75) is 31.3 Å². The van der Waals surface area contributed by atoms with E-state index in [-0.39, 0.29) is 18.0 Å². The minimum atomic E-state index is -0.0692. The van der Waals surface area contributed by atoms with Crippen LogP contribution in [0.2, 0.25) is 0 Å². The van der Waals surface area contributed by atoms with Gasteiger partial charge in [0.05, 0.1) is 37.2 Å². The molecule has 1 saturated heterocycles. The predicted molar refractivity (Wildman–Crippen MR) is 110 cm³/mol. The molecule has 2 aromatic rings. The Morgan fingerprint density at radius 3 is 3.07 bits per heavy atom. The van der Waals surface area contributed by atoms with Gasteiger partial charge in [0, 0.05) is 19.2 Å². The number of carbonyl (C=O) groups excluding carboxylic acids is 1. The number of ether oxygens (including phenoxy) is 1. The number of amides is 1. The van der Waals surface area contributed by atoms with E-state index in [0.29, 0.717) is 31.4 Å². The first kappa shape index (κ1) is 18.1. The fourth-order valence-electron chi connectivity index (χ4n) is 4.72. The van der Waals surface area contributed by atoms with Gasteiger partial charge in [0.15, 0.2) is 5.96 Å². The summed E-state index contributed by atoms with van der Waals surface area (Å²) in [6.45, 7) is 1.86. The molecular weight excluding hydrogens is 366 g/mol. The molecule has 150 valence electrons. The first-order valence-corrected chi connectivity index (χ1v) is 10.2. The molecule has 7 heteroatoms. The van der Waals surface area contributed by atoms with Crippen LogP contribution in [0.1, 0.15) is 52.1 Å². The third-order valence-corrected chi connectivity index (χ3v) is 6.28. The maximum absolute atomic E-state index is 13.3. The number of aromatic nitrogens is 1. The van der Waals surface area contributed by atoms with Crippen molar-refractivity contribution in [1.29, 1.82) is 0 Å². The average molecular weight is 391 g/mol. The van der Waals surface area contributed by atoms with Gasteiger partial charge in [-0.15, -0.1) is 0 Å². The third-order valence-electron chi connectivity index (χ3n) is 6.28. The second kappa shape index (κ2) is 7.15. The summed E-state index contributed by atoms with van der Waals surface area (Å²) in [5, 5.41) is 0. The summed E-state index contributed by atoms with van der Waals surface area (Å²) in [4.78, 5) is 26.1. The molecule has 1 amide bonds. The van der Waals surface area contributed by atoms with Gasteiger partial charge in [-0.25, -0.2) is 9.98 Å². The number of carbonyl (C=O) groups is 1. The highest BCUT2D eigenvalue weighted by atomic mass is 16.5. The number of morpholine rings is 1. The Hall–Kier alpha value is -2.93. The van der Waals surface area contributed by atoms with Crippen LogP contribution in [0.15, 0.2) is 41.5 Å². The fourth-order valence-corrected chi connectivity index (χ4v) is 4.72. The molecule has 0 radical (unpaired) electrons. The monoisotopic (exact) mass is 391 g/mol. The number of nitrogens with zero attached hydrogens (tertiary/aromatic N) is 4. The number of hydrogen-bond acceptors (Lipinski definition) is 6. The van der Waals surface area contributed by atoms with E-state index in [4.69, 9.17) is 10.5 Å². The van der Waals surface area contributed by atoms with E-state index in [1.165, 1.54) is 11.1 Å². The van der Waals surface area contributed by atoms with Gasteiger partial charge in [0.2, 0.25) is 0 Å². The van der Waals surface area contributed by atoms with Crippen LogP contribution >= 0.6 is 0 Å². The number of pyridine rings is 1. The number of aliphatic imine (C=N–C) groups is 1. The number of nitrogens with two attached hydrogens (primary N) is 1. The summed E-state index contributed by atoms with van der Waals surface area (Å²) >= 11 is 0. The van der Waals surface area contributed by atoms with Gasteiger partial charge in [-0.05, 0) is 36.5 Å². The maximum atomic E-state index is 13.3. The summed E-state index contributed by atoms with van der Waals surface area (Å²) in [5.41, 5.74) is 10.8. The van der Waals surface area contributed by atoms with Crippen LogP contribution in [0.25, 0.3) is 0 Å². The molecule has 2 aliphatic heterocycles. The summed E-state index contributed by atoms with van der Waals surface area (Å²) in [6, 6.07) is 10.3. The van der Waals surface area contributed by atoms with Gasteiger partial charge >= 0.3 is 0 Å². The van der Waals surface area contributed by atoms with E-state index in [1.54, 1.807) is 6.20 Å². The molecule has 29 heavy (non-hydrogen) atoms. The highest BCUT2D eigenvalue weighted by Gasteiger charge is 2.33. The van der Waals surface area contributed by atoms with Gasteiger partial charge < -0.3 is 20.3 Å². The van der Waals surface area contributed by atoms with Crippen molar-refractivity contribution in [2.24, 2.45) is 10.7 Å². The van der Waals surface area contributed by atoms with Gasteiger partial charge in [0.1, 0.15) is 5.69 Å². The summed E-state index contributed by atoms with van der Waals surface area (Å²) in [7, 11) is 1.88. The van der Waals surface area contributed by atoms with Crippen molar-refractivity contribution in [3.8, 4) is 0 Å². The van der Waals surface area contributed by atoms with E-state index in [9.17, 15) is 4.79 Å². The molecule has 3 aliphatic rings. The Balaban J connectivity index is 1.46. The van der Waals surface area contributed by atoms with Crippen LogP contribution in [0.4, 0.5) is 5.69 Å². The van der Waals surface area contributed by atoms with E-state index in [1.807, 2.05) is 29.0 Å². The zero-order valence-corrected chi connectivity index (χ0v) is 16.5. The number of hydrogen-bond donors (Lipinski definition) is 1. The van der Waals surface area contributed by atoms with E-state index < -0.39 is 0 Å². The summed E-state index contributed by atoms with van der Waals surface area (Å²) in [5.74, 6) is 0.419. The van der Waals surface area contributed by atoms with Crippen molar-refractivity contribution in [3.63, 3.8) is 0 Å². The van der Waals surface area contributed by atoms with Crippen LogP contribution in [-0.2, 0) is 11.2 Å². The van der Waals surface area contributed by atoms with Gasteiger partial charge in [-0.2, -0.15) is 0 Å². The second-order valence-corrected chi connectivity index (χ2v) is 7.91. The van der Waals surface area contributed by atoms with Crippen LogP contribution in [0.3, 0.4) is 0 Å². The quantitative estimate of drug-likeness (QED) is 0.851. The first-order valence-electron chi connectivity index (χ1n) is 10.2. The first-order chi connectivity index (χ1) is 14.1. The Kier molecular flexibility index (Phi) is 4.47. The number of guanidine groups is 1. The molecule has 1 aromatic heterocycles. The topological polar surface area (TPSA) is 84.0 Å². The predicted octanol–water partition coefficient (Wildman–Crippen LogP) is 2.56. The Labute approximate surface area is 170 Å². The van der Waals surface area contributed by atoms with Crippen LogP contribution < -0.4 is 5.73 Å². The molecule has 0 saturated carbocycles. The highest BCUT2D eigenvalue weighted by Crippen LogP contribution is 2.37. The third kappa shape index (κ3) is 3.06. The van der Waals surface area contributed by atoms with Gasteiger partial charge in [0.25, 0.3) is 5.91 Å². The smallest absolute Gasteiger partial charge is 0.272 e. The number of rotatable bonds is 2. The van der Waals surface area contributed by atoms with Crippen LogP contribution in [-0.4, -0.2) is 53.5 Å². The lowest BCUT2D eigenvalue weighted by Crippen LogP contribution is -2.48. The number of fused-ring (bicyclic) bond motifs is 4. The molecule has 5 rings (SSSR count). The Morgan fingerprint density at radius 2 is 2.17 bits per heavy atom. The zero-order chi connectivity index (χ0) is 20.0. The van der Waals surface area contributed by atoms with Crippen molar-refractivity contribution in [2.75, 3.05) is 26.8 Å². The molecule has 0 bridgehead atoms. The highest BCUT2D eigenvalue weighted by molar-refractivity contribution is 5.93. The SMILES string of the molecule is CN(C(=O)c1cc2c(cn1)N=C(N)N1CCOC[C@@H]21)[C@@H]1CCCc2ccccc21. The molecule has 7 nitrogen and oxygen atoms in total.